The van der Waals surface area contributed by atoms with Crippen LogP contribution < -0.4 is 0 Å². The second-order valence-electron chi connectivity index (χ2n) is 11.9. The fraction of sp³-hybridized carbons (Fsp3) is 0. The van der Waals surface area contributed by atoms with Crippen molar-refractivity contribution in [2.45, 2.75) is 0 Å². The molecule has 0 radical (unpaired) electrons. The summed E-state index contributed by atoms with van der Waals surface area (Å²) in [7, 11) is 0. The van der Waals surface area contributed by atoms with Crippen LogP contribution in [-0.2, 0) is 0 Å². The summed E-state index contributed by atoms with van der Waals surface area (Å²) in [4.78, 5) is 19.8. The molecule has 3 aromatic heterocycles. The Labute approximate surface area is 270 Å². The van der Waals surface area contributed by atoms with E-state index >= 15 is 0 Å². The Balaban J connectivity index is 1.31. The van der Waals surface area contributed by atoms with Gasteiger partial charge in [0.1, 0.15) is 0 Å². The summed E-state index contributed by atoms with van der Waals surface area (Å²) in [5.74, 6) is 1.85. The van der Waals surface area contributed by atoms with Gasteiger partial charge in [0, 0.05) is 33.7 Å². The average molecular weight is 600 g/mol. The van der Waals surface area contributed by atoms with Crippen LogP contribution in [0, 0.1) is 0 Å². The Bertz CT molecular complexity index is 2620. The van der Waals surface area contributed by atoms with Crippen LogP contribution in [0.2, 0.25) is 0 Å². The minimum Gasteiger partial charge on any atom is -0.307 e. The first-order chi connectivity index (χ1) is 23.3. The maximum Gasteiger partial charge on any atom is 0.166 e. The molecule has 0 bridgehead atoms. The first-order valence-electron chi connectivity index (χ1n) is 15.7. The van der Waals surface area contributed by atoms with E-state index < -0.39 is 0 Å². The van der Waals surface area contributed by atoms with E-state index in [9.17, 15) is 0 Å². The number of rotatable bonds is 4. The highest BCUT2D eigenvalue weighted by molar-refractivity contribution is 6.30. The van der Waals surface area contributed by atoms with E-state index in [1.54, 1.807) is 0 Å². The van der Waals surface area contributed by atoms with Gasteiger partial charge >= 0.3 is 0 Å². The van der Waals surface area contributed by atoms with Crippen LogP contribution in [0.15, 0.2) is 152 Å². The van der Waals surface area contributed by atoms with Crippen LogP contribution >= 0.6 is 0 Å². The van der Waals surface area contributed by atoms with Crippen molar-refractivity contribution in [1.82, 2.24) is 24.5 Å². The SMILES string of the molecule is c1ccc(-c2nc(-c3ccccc3)nc(-c3ccncc3-n3c4cccc5c4c4c6c(cccc6ccc43)-c3ccccc3-5)n2)cc1. The Morgan fingerprint density at radius 3 is 1.66 bits per heavy atom. The van der Waals surface area contributed by atoms with Crippen molar-refractivity contribution in [3.05, 3.63) is 152 Å². The zero-order valence-corrected chi connectivity index (χ0v) is 25.2. The van der Waals surface area contributed by atoms with E-state index in [2.05, 4.69) is 82.3 Å². The number of hydrogen-bond donors (Lipinski definition) is 0. The molecule has 3 heterocycles. The van der Waals surface area contributed by atoms with Crippen LogP contribution in [0.4, 0.5) is 0 Å². The zero-order valence-electron chi connectivity index (χ0n) is 25.2. The number of nitrogens with zero attached hydrogens (tertiary/aromatic N) is 5. The molecule has 0 atom stereocenters. The minimum absolute atomic E-state index is 0.597. The Hall–Kier alpha value is -6.46. The summed E-state index contributed by atoms with van der Waals surface area (Å²) in [6.45, 7) is 0. The summed E-state index contributed by atoms with van der Waals surface area (Å²) < 4.78 is 2.34. The highest BCUT2D eigenvalue weighted by Crippen LogP contribution is 2.49. The van der Waals surface area contributed by atoms with Crippen molar-refractivity contribution < 1.29 is 0 Å². The lowest BCUT2D eigenvalue weighted by atomic mass is 9.93. The largest absolute Gasteiger partial charge is 0.307 e. The van der Waals surface area contributed by atoms with E-state index in [0.29, 0.717) is 17.5 Å². The summed E-state index contributed by atoms with van der Waals surface area (Å²) in [5.41, 5.74) is 10.9. The fourth-order valence-electron chi connectivity index (χ4n) is 7.27. The topological polar surface area (TPSA) is 56.5 Å². The quantitative estimate of drug-likeness (QED) is 0.202. The number of hydrogen-bond acceptors (Lipinski definition) is 4. The van der Waals surface area contributed by atoms with Gasteiger partial charge in [0.2, 0.25) is 0 Å². The minimum atomic E-state index is 0.597. The van der Waals surface area contributed by atoms with Crippen molar-refractivity contribution >= 4 is 32.6 Å². The molecule has 0 saturated carbocycles. The molecule has 9 aromatic rings. The second kappa shape index (κ2) is 10.0. The zero-order chi connectivity index (χ0) is 30.9. The predicted octanol–water partition coefficient (Wildman–Crippen LogP) is 10.2. The van der Waals surface area contributed by atoms with E-state index in [1.807, 2.05) is 79.1 Å². The normalized spacial score (nSPS) is 11.8. The van der Waals surface area contributed by atoms with Crippen molar-refractivity contribution in [2.24, 2.45) is 0 Å². The third kappa shape index (κ3) is 3.83. The average Bonchev–Trinajstić information content (AvgIpc) is 3.43. The molecule has 47 heavy (non-hydrogen) atoms. The van der Waals surface area contributed by atoms with Crippen LogP contribution in [0.1, 0.15) is 0 Å². The van der Waals surface area contributed by atoms with Crippen molar-refractivity contribution in [3.63, 3.8) is 0 Å². The third-order valence-electron chi connectivity index (χ3n) is 9.29. The van der Waals surface area contributed by atoms with Gasteiger partial charge in [-0.3, -0.25) is 4.98 Å². The molecule has 0 N–H and O–H groups in total. The molecule has 0 amide bonds. The molecular weight excluding hydrogens is 574 g/mol. The van der Waals surface area contributed by atoms with Crippen molar-refractivity contribution in [1.29, 1.82) is 0 Å². The summed E-state index contributed by atoms with van der Waals surface area (Å²) in [6, 6.07) is 48.7. The lowest BCUT2D eigenvalue weighted by Gasteiger charge is -2.16. The molecule has 10 rings (SSSR count). The molecule has 0 unspecified atom stereocenters. The number of aromatic nitrogens is 5. The molecule has 5 heteroatoms. The van der Waals surface area contributed by atoms with Crippen molar-refractivity contribution in [3.8, 4) is 62.1 Å². The van der Waals surface area contributed by atoms with Crippen LogP contribution in [0.25, 0.3) is 94.7 Å². The van der Waals surface area contributed by atoms with Gasteiger partial charge in [-0.15, -0.1) is 0 Å². The number of pyridine rings is 1. The molecular formula is C42H25N5. The van der Waals surface area contributed by atoms with Gasteiger partial charge in [-0.1, -0.05) is 121 Å². The smallest absolute Gasteiger partial charge is 0.166 e. The van der Waals surface area contributed by atoms with E-state index in [0.717, 1.165) is 33.4 Å². The van der Waals surface area contributed by atoms with Crippen LogP contribution in [-0.4, -0.2) is 24.5 Å². The fourth-order valence-corrected chi connectivity index (χ4v) is 7.27. The van der Waals surface area contributed by atoms with E-state index in [1.165, 1.54) is 43.8 Å². The molecule has 0 aliphatic heterocycles. The summed E-state index contributed by atoms with van der Waals surface area (Å²) in [5, 5.41) is 4.99. The lowest BCUT2D eigenvalue weighted by molar-refractivity contribution is 1.06. The molecule has 218 valence electrons. The molecule has 1 aliphatic rings. The second-order valence-corrected chi connectivity index (χ2v) is 11.9. The first-order valence-corrected chi connectivity index (χ1v) is 15.7. The molecule has 5 nitrogen and oxygen atoms in total. The monoisotopic (exact) mass is 599 g/mol. The summed E-state index contributed by atoms with van der Waals surface area (Å²) >= 11 is 0. The maximum absolute atomic E-state index is 5.09. The van der Waals surface area contributed by atoms with E-state index in [-0.39, 0.29) is 0 Å². The molecule has 6 aromatic carbocycles. The predicted molar refractivity (Wildman–Crippen MR) is 190 cm³/mol. The molecule has 0 saturated heterocycles. The van der Waals surface area contributed by atoms with Gasteiger partial charge in [0.05, 0.1) is 22.9 Å². The first kappa shape index (κ1) is 25.8. The Morgan fingerprint density at radius 1 is 0.383 bits per heavy atom. The van der Waals surface area contributed by atoms with Gasteiger partial charge in [-0.2, -0.15) is 0 Å². The molecule has 0 fully saturated rings. The highest BCUT2D eigenvalue weighted by atomic mass is 15.1. The van der Waals surface area contributed by atoms with E-state index in [4.69, 9.17) is 15.0 Å². The molecule has 1 aliphatic carbocycles. The van der Waals surface area contributed by atoms with Gasteiger partial charge in [0.15, 0.2) is 17.5 Å². The van der Waals surface area contributed by atoms with Gasteiger partial charge < -0.3 is 4.57 Å². The van der Waals surface area contributed by atoms with Gasteiger partial charge in [-0.25, -0.2) is 15.0 Å². The third-order valence-corrected chi connectivity index (χ3v) is 9.29. The molecule has 0 spiro atoms. The highest BCUT2D eigenvalue weighted by Gasteiger charge is 2.26. The standard InChI is InChI=1S/C42H25N5/c1-3-11-27(12-4-1)40-44-41(28-13-5-2-6-14-28)46-42(45-40)33-23-24-43-25-36(33)47-34-20-10-19-32-30-17-8-7-16-29(30)31-18-9-15-26-21-22-35(47)39(37(26)31)38(32)34/h1-25H. The number of benzene rings is 6. The van der Waals surface area contributed by atoms with Crippen LogP contribution in [0.5, 0.6) is 0 Å². The Morgan fingerprint density at radius 2 is 0.957 bits per heavy atom. The van der Waals surface area contributed by atoms with Gasteiger partial charge in [-0.05, 0) is 51.2 Å². The maximum atomic E-state index is 5.09. The van der Waals surface area contributed by atoms with Crippen molar-refractivity contribution in [2.75, 3.05) is 0 Å². The van der Waals surface area contributed by atoms with Crippen LogP contribution in [0.3, 0.4) is 0 Å². The van der Waals surface area contributed by atoms with Gasteiger partial charge in [0.25, 0.3) is 0 Å². The Kier molecular flexibility index (Phi) is 5.51. The lowest BCUT2D eigenvalue weighted by Crippen LogP contribution is -2.04. The number of fused-ring (bicyclic) bond motifs is 3. The summed E-state index contributed by atoms with van der Waals surface area (Å²) in [6.07, 6.45) is 3.75.